The van der Waals surface area contributed by atoms with Crippen LogP contribution in [0, 0.1) is 0 Å². The Morgan fingerprint density at radius 3 is 2.71 bits per heavy atom. The van der Waals surface area contributed by atoms with Crippen molar-refractivity contribution < 1.29 is 0 Å². The Balaban J connectivity index is 1.84. The van der Waals surface area contributed by atoms with Crippen molar-refractivity contribution in [2.45, 2.75) is 50.6 Å². The quantitative estimate of drug-likeness (QED) is 0.771. The van der Waals surface area contributed by atoms with Gasteiger partial charge in [-0.15, -0.1) is 5.10 Å². The molecule has 0 radical (unpaired) electrons. The third-order valence-electron chi connectivity index (χ3n) is 3.08. The smallest absolute Gasteiger partial charge is 0.138 e. The van der Waals surface area contributed by atoms with E-state index in [4.69, 9.17) is 5.73 Å². The summed E-state index contributed by atoms with van der Waals surface area (Å²) in [7, 11) is 0. The van der Waals surface area contributed by atoms with Gasteiger partial charge in [0.15, 0.2) is 0 Å². The van der Waals surface area contributed by atoms with Crippen LogP contribution in [0.15, 0.2) is 6.33 Å². The standard InChI is InChI=1S/C9H17N5/c10-9(4-2-1-3-5-9)6-7-14-8-11-12-13-14/h8H,1-7,10H2. The van der Waals surface area contributed by atoms with Gasteiger partial charge in [-0.2, -0.15) is 0 Å². The average molecular weight is 195 g/mol. The lowest BCUT2D eigenvalue weighted by atomic mass is 9.80. The van der Waals surface area contributed by atoms with Gasteiger partial charge in [-0.3, -0.25) is 0 Å². The monoisotopic (exact) mass is 195 g/mol. The Kier molecular flexibility index (Phi) is 2.77. The summed E-state index contributed by atoms with van der Waals surface area (Å²) < 4.78 is 1.75. The molecule has 5 heteroatoms. The van der Waals surface area contributed by atoms with E-state index in [0.29, 0.717) is 0 Å². The first-order valence-corrected chi connectivity index (χ1v) is 5.28. The molecule has 2 N–H and O–H groups in total. The van der Waals surface area contributed by atoms with Crippen molar-refractivity contribution >= 4 is 0 Å². The zero-order valence-corrected chi connectivity index (χ0v) is 8.39. The van der Waals surface area contributed by atoms with E-state index in [2.05, 4.69) is 15.5 Å². The summed E-state index contributed by atoms with van der Waals surface area (Å²) in [4.78, 5) is 0. The molecule has 1 fully saturated rings. The second kappa shape index (κ2) is 4.04. The minimum absolute atomic E-state index is 0.0319. The van der Waals surface area contributed by atoms with Crippen LogP contribution in [-0.2, 0) is 6.54 Å². The van der Waals surface area contributed by atoms with Gasteiger partial charge in [0, 0.05) is 12.1 Å². The highest BCUT2D eigenvalue weighted by molar-refractivity contribution is 4.86. The summed E-state index contributed by atoms with van der Waals surface area (Å²) in [6, 6.07) is 0. The summed E-state index contributed by atoms with van der Waals surface area (Å²) in [6.07, 6.45) is 8.80. The molecule has 1 aliphatic carbocycles. The minimum Gasteiger partial charge on any atom is -0.325 e. The molecule has 0 spiro atoms. The van der Waals surface area contributed by atoms with Crippen LogP contribution in [0.5, 0.6) is 0 Å². The van der Waals surface area contributed by atoms with Crippen LogP contribution < -0.4 is 5.73 Å². The van der Waals surface area contributed by atoms with Gasteiger partial charge in [-0.25, -0.2) is 4.68 Å². The third-order valence-corrected chi connectivity index (χ3v) is 3.08. The highest BCUT2D eigenvalue weighted by Crippen LogP contribution is 2.28. The Morgan fingerprint density at radius 2 is 2.07 bits per heavy atom. The molecule has 1 saturated carbocycles. The summed E-state index contributed by atoms with van der Waals surface area (Å²) in [5.41, 5.74) is 6.33. The third kappa shape index (κ3) is 2.29. The van der Waals surface area contributed by atoms with Gasteiger partial charge in [-0.1, -0.05) is 19.3 Å². The molecule has 0 atom stereocenters. The van der Waals surface area contributed by atoms with Gasteiger partial charge in [0.05, 0.1) is 0 Å². The van der Waals surface area contributed by atoms with Crippen molar-refractivity contribution in [3.05, 3.63) is 6.33 Å². The van der Waals surface area contributed by atoms with E-state index < -0.39 is 0 Å². The number of rotatable bonds is 3. The van der Waals surface area contributed by atoms with E-state index in [1.54, 1.807) is 11.0 Å². The Labute approximate surface area is 83.7 Å². The summed E-state index contributed by atoms with van der Waals surface area (Å²) in [5.74, 6) is 0. The predicted octanol–water partition coefficient (Wildman–Crippen LogP) is 0.725. The Bertz CT molecular complexity index is 263. The largest absolute Gasteiger partial charge is 0.325 e. The van der Waals surface area contributed by atoms with Crippen molar-refractivity contribution in [1.82, 2.24) is 20.2 Å². The Morgan fingerprint density at radius 1 is 1.29 bits per heavy atom. The fourth-order valence-corrected chi connectivity index (χ4v) is 2.13. The molecule has 1 aromatic rings. The molecular weight excluding hydrogens is 178 g/mol. The molecule has 0 saturated heterocycles. The van der Waals surface area contributed by atoms with E-state index >= 15 is 0 Å². The van der Waals surface area contributed by atoms with Gasteiger partial charge < -0.3 is 5.73 Å². The van der Waals surface area contributed by atoms with Crippen molar-refractivity contribution in [3.63, 3.8) is 0 Å². The fourth-order valence-electron chi connectivity index (χ4n) is 2.13. The maximum Gasteiger partial charge on any atom is 0.138 e. The molecule has 0 aliphatic heterocycles. The number of nitrogens with two attached hydrogens (primary N) is 1. The van der Waals surface area contributed by atoms with Crippen LogP contribution in [0.2, 0.25) is 0 Å². The fraction of sp³-hybridized carbons (Fsp3) is 0.889. The Hall–Kier alpha value is -0.970. The van der Waals surface area contributed by atoms with Gasteiger partial charge in [0.1, 0.15) is 6.33 Å². The SMILES string of the molecule is NC1(CCn2cnnn2)CCCCC1. The molecule has 5 nitrogen and oxygen atoms in total. The highest BCUT2D eigenvalue weighted by atomic mass is 15.5. The lowest BCUT2D eigenvalue weighted by molar-refractivity contribution is 0.261. The molecule has 1 aliphatic rings. The van der Waals surface area contributed by atoms with Crippen molar-refractivity contribution in [2.75, 3.05) is 0 Å². The number of tetrazole rings is 1. The van der Waals surface area contributed by atoms with E-state index in [1.165, 1.54) is 19.3 Å². The zero-order chi connectivity index (χ0) is 9.86. The van der Waals surface area contributed by atoms with Crippen LogP contribution in [-0.4, -0.2) is 25.7 Å². The van der Waals surface area contributed by atoms with Gasteiger partial charge >= 0.3 is 0 Å². The first kappa shape index (κ1) is 9.58. The van der Waals surface area contributed by atoms with Crippen LogP contribution in [0.3, 0.4) is 0 Å². The molecule has 1 heterocycles. The lowest BCUT2D eigenvalue weighted by Crippen LogP contribution is -2.42. The first-order valence-electron chi connectivity index (χ1n) is 5.28. The lowest BCUT2D eigenvalue weighted by Gasteiger charge is -2.33. The molecule has 78 valence electrons. The van der Waals surface area contributed by atoms with E-state index in [9.17, 15) is 0 Å². The maximum absolute atomic E-state index is 6.29. The van der Waals surface area contributed by atoms with E-state index in [-0.39, 0.29) is 5.54 Å². The number of aryl methyl sites for hydroxylation is 1. The molecule has 0 unspecified atom stereocenters. The molecule has 14 heavy (non-hydrogen) atoms. The molecule has 0 bridgehead atoms. The van der Waals surface area contributed by atoms with Gasteiger partial charge in [0.2, 0.25) is 0 Å². The van der Waals surface area contributed by atoms with Crippen LogP contribution in [0.4, 0.5) is 0 Å². The van der Waals surface area contributed by atoms with Crippen molar-refractivity contribution in [3.8, 4) is 0 Å². The van der Waals surface area contributed by atoms with Crippen molar-refractivity contribution in [1.29, 1.82) is 0 Å². The van der Waals surface area contributed by atoms with E-state index in [0.717, 1.165) is 25.8 Å². The zero-order valence-electron chi connectivity index (χ0n) is 8.39. The second-order valence-corrected chi connectivity index (χ2v) is 4.25. The van der Waals surface area contributed by atoms with Gasteiger partial charge in [-0.05, 0) is 29.7 Å². The number of hydrogen-bond donors (Lipinski definition) is 1. The highest BCUT2D eigenvalue weighted by Gasteiger charge is 2.26. The van der Waals surface area contributed by atoms with Crippen LogP contribution in [0.25, 0.3) is 0 Å². The average Bonchev–Trinajstić information content (AvgIpc) is 2.69. The maximum atomic E-state index is 6.29. The first-order chi connectivity index (χ1) is 6.79. The minimum atomic E-state index is 0.0319. The molecule has 0 amide bonds. The van der Waals surface area contributed by atoms with Crippen molar-refractivity contribution in [2.24, 2.45) is 5.73 Å². The normalized spacial score (nSPS) is 20.9. The predicted molar refractivity (Wildman–Crippen MR) is 52.4 cm³/mol. The van der Waals surface area contributed by atoms with Crippen LogP contribution in [0.1, 0.15) is 38.5 Å². The topological polar surface area (TPSA) is 69.6 Å². The molecular formula is C9H17N5. The van der Waals surface area contributed by atoms with Crippen LogP contribution >= 0.6 is 0 Å². The summed E-state index contributed by atoms with van der Waals surface area (Å²) >= 11 is 0. The van der Waals surface area contributed by atoms with Gasteiger partial charge in [0.25, 0.3) is 0 Å². The molecule has 1 aromatic heterocycles. The number of hydrogen-bond acceptors (Lipinski definition) is 4. The molecule has 0 aromatic carbocycles. The summed E-state index contributed by atoms with van der Waals surface area (Å²) in [5, 5.41) is 11.0. The number of aromatic nitrogens is 4. The second-order valence-electron chi connectivity index (χ2n) is 4.25. The summed E-state index contributed by atoms with van der Waals surface area (Å²) in [6.45, 7) is 0.837. The van der Waals surface area contributed by atoms with E-state index in [1.807, 2.05) is 0 Å². The number of nitrogens with zero attached hydrogens (tertiary/aromatic N) is 4. The molecule has 2 rings (SSSR count).